The number of rotatable bonds is 5. The first-order valence-electron chi connectivity index (χ1n) is 10.3. The summed E-state index contributed by atoms with van der Waals surface area (Å²) < 4.78 is 0. The summed E-state index contributed by atoms with van der Waals surface area (Å²) in [6.07, 6.45) is 16.6. The second-order valence-corrected chi connectivity index (χ2v) is 8.61. The monoisotopic (exact) mass is 358 g/mol. The van der Waals surface area contributed by atoms with Crippen LogP contribution in [0.15, 0.2) is 28.8 Å². The number of aliphatic carboxylic acids is 1. The molecule has 0 aromatic rings. The van der Waals surface area contributed by atoms with Crippen LogP contribution < -0.4 is 0 Å². The Morgan fingerprint density at radius 1 is 1.19 bits per heavy atom. The topological polar surface area (TPSA) is 52.9 Å². The van der Waals surface area contributed by atoms with Crippen molar-refractivity contribution in [2.24, 2.45) is 22.7 Å². The van der Waals surface area contributed by atoms with E-state index in [-0.39, 0.29) is 6.04 Å². The number of hydrogen-bond acceptors (Lipinski definition) is 3. The van der Waals surface area contributed by atoms with Crippen molar-refractivity contribution >= 4 is 11.7 Å². The molecule has 1 heterocycles. The van der Waals surface area contributed by atoms with Crippen molar-refractivity contribution in [1.29, 1.82) is 0 Å². The Morgan fingerprint density at radius 3 is 2.54 bits per heavy atom. The average Bonchev–Trinajstić information content (AvgIpc) is 2.65. The summed E-state index contributed by atoms with van der Waals surface area (Å²) in [7, 11) is 4.36. The summed E-state index contributed by atoms with van der Waals surface area (Å²) in [5.74, 6) is -0.146. The van der Waals surface area contributed by atoms with E-state index in [1.54, 1.807) is 6.92 Å². The third-order valence-corrected chi connectivity index (χ3v) is 6.63. The molecular weight excluding hydrogens is 324 g/mol. The largest absolute Gasteiger partial charge is 0.481 e. The fourth-order valence-electron chi connectivity index (χ4n) is 4.75. The third-order valence-electron chi connectivity index (χ3n) is 6.63. The minimum Gasteiger partial charge on any atom is -0.481 e. The zero-order valence-electron chi connectivity index (χ0n) is 16.5. The van der Waals surface area contributed by atoms with E-state index < -0.39 is 11.9 Å². The highest BCUT2D eigenvalue weighted by atomic mass is 16.4. The number of aliphatic imine (C=N–C) groups is 1. The van der Waals surface area contributed by atoms with Gasteiger partial charge in [0.1, 0.15) is 0 Å². The Labute approximate surface area is 158 Å². The number of allylic oxidation sites excluding steroid dienone is 3. The first-order valence-corrected chi connectivity index (χ1v) is 10.3. The van der Waals surface area contributed by atoms with E-state index in [1.165, 1.54) is 50.5 Å². The highest BCUT2D eigenvalue weighted by Crippen LogP contribution is 2.37. The maximum absolute atomic E-state index is 11.4. The molecule has 2 saturated carbocycles. The van der Waals surface area contributed by atoms with Gasteiger partial charge >= 0.3 is 5.97 Å². The summed E-state index contributed by atoms with van der Waals surface area (Å²) in [5, 5.41) is 9.39. The molecule has 1 aliphatic heterocycles. The van der Waals surface area contributed by atoms with Crippen molar-refractivity contribution in [3.8, 4) is 0 Å². The van der Waals surface area contributed by atoms with E-state index in [1.807, 2.05) is 0 Å². The fourth-order valence-corrected chi connectivity index (χ4v) is 4.75. The van der Waals surface area contributed by atoms with Crippen LogP contribution in [0.5, 0.6) is 0 Å². The molecular formula is C22H34N2O2. The molecule has 0 bridgehead atoms. The van der Waals surface area contributed by atoms with Crippen LogP contribution in [0, 0.1) is 17.8 Å². The van der Waals surface area contributed by atoms with E-state index in [4.69, 9.17) is 4.99 Å². The third kappa shape index (κ3) is 4.46. The Kier molecular flexibility index (Phi) is 6.33. The minimum atomic E-state index is -0.778. The number of carboxylic acid groups (broad SMARTS) is 1. The van der Waals surface area contributed by atoms with Crippen LogP contribution >= 0.6 is 0 Å². The summed E-state index contributed by atoms with van der Waals surface area (Å²) >= 11 is 0. The van der Waals surface area contributed by atoms with E-state index in [0.717, 1.165) is 18.2 Å². The molecule has 3 aliphatic rings. The second-order valence-electron chi connectivity index (χ2n) is 8.61. The van der Waals surface area contributed by atoms with Gasteiger partial charge in [0, 0.05) is 17.7 Å². The molecule has 0 amide bonds. The predicted molar refractivity (Wildman–Crippen MR) is 107 cm³/mol. The molecule has 4 heteroatoms. The number of carboxylic acids is 1. The Morgan fingerprint density at radius 2 is 1.88 bits per heavy atom. The van der Waals surface area contributed by atoms with Crippen molar-refractivity contribution in [1.82, 2.24) is 4.90 Å². The lowest BCUT2D eigenvalue weighted by atomic mass is 9.76. The normalized spacial score (nSPS) is 33.5. The molecule has 144 valence electrons. The Bertz CT molecular complexity index is 597. The van der Waals surface area contributed by atoms with Crippen molar-refractivity contribution in [3.05, 3.63) is 23.8 Å². The van der Waals surface area contributed by atoms with Crippen LogP contribution in [0.3, 0.4) is 0 Å². The molecule has 0 aromatic heterocycles. The molecule has 4 nitrogen and oxygen atoms in total. The van der Waals surface area contributed by atoms with Gasteiger partial charge in [0.2, 0.25) is 0 Å². The smallest absolute Gasteiger partial charge is 0.312 e. The fraction of sp³-hybridized carbons (Fsp3) is 0.727. The lowest BCUT2D eigenvalue weighted by molar-refractivity contribution is -0.138. The van der Waals surface area contributed by atoms with Gasteiger partial charge in [-0.3, -0.25) is 9.79 Å². The molecule has 0 spiro atoms. The number of hydrogen-bond donors (Lipinski definition) is 1. The van der Waals surface area contributed by atoms with Crippen molar-refractivity contribution in [3.63, 3.8) is 0 Å². The lowest BCUT2D eigenvalue weighted by Gasteiger charge is -2.34. The first-order chi connectivity index (χ1) is 12.5. The van der Waals surface area contributed by atoms with Crippen LogP contribution in [-0.4, -0.2) is 47.9 Å². The zero-order chi connectivity index (χ0) is 18.7. The molecule has 3 rings (SSSR count). The molecule has 1 N–H and O–H groups in total. The van der Waals surface area contributed by atoms with Gasteiger partial charge in [0.25, 0.3) is 0 Å². The maximum atomic E-state index is 11.4. The molecule has 2 fully saturated rings. The highest BCUT2D eigenvalue weighted by Gasteiger charge is 2.32. The molecule has 3 unspecified atom stereocenters. The van der Waals surface area contributed by atoms with Crippen LogP contribution in [0.25, 0.3) is 0 Å². The van der Waals surface area contributed by atoms with Crippen molar-refractivity contribution < 1.29 is 9.90 Å². The number of nitrogens with zero attached hydrogens (tertiary/aromatic N) is 2. The lowest BCUT2D eigenvalue weighted by Crippen LogP contribution is -2.32. The summed E-state index contributed by atoms with van der Waals surface area (Å²) in [5.41, 5.74) is 2.08. The molecule has 0 radical (unpaired) electrons. The molecule has 0 aromatic carbocycles. The van der Waals surface area contributed by atoms with Crippen molar-refractivity contribution in [2.45, 2.75) is 70.4 Å². The van der Waals surface area contributed by atoms with E-state index >= 15 is 0 Å². The van der Waals surface area contributed by atoms with E-state index in [9.17, 15) is 9.90 Å². The van der Waals surface area contributed by atoms with Crippen molar-refractivity contribution in [2.75, 3.05) is 14.1 Å². The van der Waals surface area contributed by atoms with E-state index in [0.29, 0.717) is 11.8 Å². The number of fused-ring (bicyclic) bond motifs is 1. The van der Waals surface area contributed by atoms with Crippen LogP contribution in [0.4, 0.5) is 0 Å². The molecule has 3 atom stereocenters. The SMILES string of the molecule is CC(C(=O)O)C1=NC2CCCCC2C(/C=C/C2CCC(N(C)C)CC2)=C1. The molecule has 26 heavy (non-hydrogen) atoms. The minimum absolute atomic E-state index is 0.287. The molecule has 0 saturated heterocycles. The van der Waals surface area contributed by atoms with Gasteiger partial charge < -0.3 is 10.0 Å². The molecule has 2 aliphatic carbocycles. The number of carbonyl (C=O) groups is 1. The standard InChI is InChI=1S/C22H34N2O2/c1-15(22(25)26)21-14-17(19-6-4-5-7-20(19)23-21)11-8-16-9-12-18(13-10-16)24(2)3/h8,11,14-16,18-20H,4-7,9-10,12-13H2,1-3H3,(H,25,26)/b11-8+. The van der Waals surface area contributed by atoms with Gasteiger partial charge in [0.05, 0.1) is 12.0 Å². The quantitative estimate of drug-likeness (QED) is 0.796. The van der Waals surface area contributed by atoms with Crippen LogP contribution in [-0.2, 0) is 4.79 Å². The number of dihydropyridines is 1. The van der Waals surface area contributed by atoms with Gasteiger partial charge in [-0.15, -0.1) is 0 Å². The Balaban J connectivity index is 1.71. The van der Waals surface area contributed by atoms with Gasteiger partial charge in [-0.2, -0.15) is 0 Å². The van der Waals surface area contributed by atoms with Crippen LogP contribution in [0.1, 0.15) is 58.3 Å². The average molecular weight is 359 g/mol. The van der Waals surface area contributed by atoms with Gasteiger partial charge in [-0.05, 0) is 77.1 Å². The first kappa shape index (κ1) is 19.3. The highest BCUT2D eigenvalue weighted by molar-refractivity contribution is 6.08. The summed E-state index contributed by atoms with van der Waals surface area (Å²) in [4.78, 5) is 18.6. The van der Waals surface area contributed by atoms with Crippen LogP contribution in [0.2, 0.25) is 0 Å². The van der Waals surface area contributed by atoms with Gasteiger partial charge in [-0.1, -0.05) is 25.0 Å². The second kappa shape index (κ2) is 8.51. The maximum Gasteiger partial charge on any atom is 0.312 e. The zero-order valence-corrected chi connectivity index (χ0v) is 16.5. The predicted octanol–water partition coefficient (Wildman–Crippen LogP) is 4.32. The van der Waals surface area contributed by atoms with E-state index in [2.05, 4.69) is 37.2 Å². The summed E-state index contributed by atoms with van der Waals surface area (Å²) in [6, 6.07) is 1.01. The van der Waals surface area contributed by atoms with Gasteiger partial charge in [-0.25, -0.2) is 0 Å². The summed E-state index contributed by atoms with van der Waals surface area (Å²) in [6.45, 7) is 1.75. The van der Waals surface area contributed by atoms with Gasteiger partial charge in [0.15, 0.2) is 0 Å². The Hall–Kier alpha value is -1.42.